The van der Waals surface area contributed by atoms with E-state index in [4.69, 9.17) is 4.74 Å². The maximum Gasteiger partial charge on any atom is 0.264 e. The highest BCUT2D eigenvalue weighted by atomic mass is 16.5. The van der Waals surface area contributed by atoms with Crippen LogP contribution >= 0.6 is 0 Å². The molecule has 1 aliphatic rings. The molecule has 0 N–H and O–H groups in total. The Balaban J connectivity index is 1.94. The second kappa shape index (κ2) is 7.37. The van der Waals surface area contributed by atoms with E-state index < -0.39 is 0 Å². The van der Waals surface area contributed by atoms with Gasteiger partial charge in [-0.3, -0.25) is 4.79 Å². The molecule has 1 amide bonds. The van der Waals surface area contributed by atoms with E-state index in [2.05, 4.69) is 10.6 Å². The first-order valence-electron chi connectivity index (χ1n) is 8.35. The number of nitrogens with zero attached hydrogens (tertiary/aromatic N) is 3. The molecule has 0 radical (unpaired) electrons. The van der Waals surface area contributed by atoms with Gasteiger partial charge in [-0.15, -0.1) is 0 Å². The summed E-state index contributed by atoms with van der Waals surface area (Å²) in [4.78, 5) is 14.3. The van der Waals surface area contributed by atoms with Crippen LogP contribution in [0.4, 0.5) is 0 Å². The number of nitriles is 1. The molecule has 1 saturated heterocycles. The summed E-state index contributed by atoms with van der Waals surface area (Å²) in [6, 6.07) is 14.1. The van der Waals surface area contributed by atoms with Crippen molar-refractivity contribution in [2.75, 3.05) is 26.3 Å². The topological polar surface area (TPSA) is 58.3 Å². The monoisotopic (exact) mass is 335 g/mol. The second-order valence-electron chi connectivity index (χ2n) is 6.07. The summed E-state index contributed by atoms with van der Waals surface area (Å²) < 4.78 is 7.39. The smallest absolute Gasteiger partial charge is 0.264 e. The fourth-order valence-electron chi connectivity index (χ4n) is 3.14. The van der Waals surface area contributed by atoms with Crippen LogP contribution in [0.25, 0.3) is 11.8 Å². The van der Waals surface area contributed by atoms with Gasteiger partial charge in [-0.1, -0.05) is 18.2 Å². The maximum absolute atomic E-state index is 12.6. The zero-order valence-corrected chi connectivity index (χ0v) is 14.5. The molecule has 0 spiro atoms. The Bertz CT molecular complexity index is 838. The zero-order valence-electron chi connectivity index (χ0n) is 14.5. The molecule has 1 aromatic carbocycles. The van der Waals surface area contributed by atoms with Gasteiger partial charge in [0.15, 0.2) is 0 Å². The van der Waals surface area contributed by atoms with Gasteiger partial charge in [0.25, 0.3) is 5.91 Å². The van der Waals surface area contributed by atoms with Crippen molar-refractivity contribution >= 4 is 12.0 Å². The highest BCUT2D eigenvalue weighted by Crippen LogP contribution is 2.23. The number of rotatable bonds is 3. The highest BCUT2D eigenvalue weighted by molar-refractivity contribution is 6.01. The predicted molar refractivity (Wildman–Crippen MR) is 96.2 cm³/mol. The quantitative estimate of drug-likeness (QED) is 0.640. The van der Waals surface area contributed by atoms with E-state index >= 15 is 0 Å². The Morgan fingerprint density at radius 3 is 2.52 bits per heavy atom. The number of aromatic nitrogens is 1. The number of ether oxygens (including phenoxy) is 1. The molecule has 0 unspecified atom stereocenters. The first kappa shape index (κ1) is 17.0. The van der Waals surface area contributed by atoms with Gasteiger partial charge < -0.3 is 14.2 Å². The lowest BCUT2D eigenvalue weighted by atomic mass is 10.1. The van der Waals surface area contributed by atoms with Gasteiger partial charge in [0.1, 0.15) is 11.6 Å². The first-order chi connectivity index (χ1) is 12.1. The number of carbonyl (C=O) groups excluding carboxylic acids is 1. The van der Waals surface area contributed by atoms with E-state index in [0.29, 0.717) is 26.3 Å². The van der Waals surface area contributed by atoms with Gasteiger partial charge in [0.05, 0.1) is 13.2 Å². The minimum Gasteiger partial charge on any atom is -0.378 e. The Kier molecular flexibility index (Phi) is 5.01. The molecule has 0 atom stereocenters. The third-order valence-electron chi connectivity index (χ3n) is 4.43. The van der Waals surface area contributed by atoms with Gasteiger partial charge in [0.2, 0.25) is 0 Å². The van der Waals surface area contributed by atoms with Gasteiger partial charge in [0, 0.05) is 30.2 Å². The summed E-state index contributed by atoms with van der Waals surface area (Å²) in [5.74, 6) is -0.227. The molecule has 3 rings (SSSR count). The van der Waals surface area contributed by atoms with Crippen LogP contribution < -0.4 is 0 Å². The zero-order chi connectivity index (χ0) is 17.8. The Labute approximate surface area is 147 Å². The predicted octanol–water partition coefficient (Wildman–Crippen LogP) is 2.86. The van der Waals surface area contributed by atoms with Crippen molar-refractivity contribution in [3.05, 3.63) is 58.9 Å². The number of morpholine rings is 1. The minimum atomic E-state index is -0.227. The lowest BCUT2D eigenvalue weighted by Crippen LogP contribution is -2.41. The van der Waals surface area contributed by atoms with Crippen molar-refractivity contribution in [1.82, 2.24) is 9.47 Å². The average molecular weight is 335 g/mol. The highest BCUT2D eigenvalue weighted by Gasteiger charge is 2.21. The number of benzene rings is 1. The summed E-state index contributed by atoms with van der Waals surface area (Å²) in [7, 11) is 0. The third-order valence-corrected chi connectivity index (χ3v) is 4.43. The largest absolute Gasteiger partial charge is 0.378 e. The van der Waals surface area contributed by atoms with E-state index in [1.54, 1.807) is 11.0 Å². The Hall–Kier alpha value is -2.84. The van der Waals surface area contributed by atoms with Crippen molar-refractivity contribution in [2.24, 2.45) is 0 Å². The fraction of sp³-hybridized carbons (Fsp3) is 0.300. The SMILES string of the molecule is Cc1cc(/C=C(/C#N)C(=O)N2CCOCC2)c(C)n1-c1ccccc1. The fourth-order valence-corrected chi connectivity index (χ4v) is 3.14. The minimum absolute atomic E-state index is 0.162. The number of carbonyl (C=O) groups is 1. The van der Waals surface area contributed by atoms with Crippen LogP contribution in [-0.2, 0) is 9.53 Å². The maximum atomic E-state index is 12.6. The van der Waals surface area contributed by atoms with Crippen molar-refractivity contribution in [2.45, 2.75) is 13.8 Å². The molecule has 5 heteroatoms. The van der Waals surface area contributed by atoms with Crippen LogP contribution in [0, 0.1) is 25.2 Å². The van der Waals surface area contributed by atoms with E-state index in [1.165, 1.54) is 0 Å². The molecular weight excluding hydrogens is 314 g/mol. The molecule has 1 fully saturated rings. The summed E-state index contributed by atoms with van der Waals surface area (Å²) in [6.07, 6.45) is 1.69. The number of para-hydroxylation sites is 1. The van der Waals surface area contributed by atoms with Gasteiger partial charge in [-0.25, -0.2) is 0 Å². The van der Waals surface area contributed by atoms with Gasteiger partial charge in [-0.05, 0) is 43.7 Å². The summed E-state index contributed by atoms with van der Waals surface area (Å²) in [5.41, 5.74) is 4.18. The van der Waals surface area contributed by atoms with Gasteiger partial charge in [-0.2, -0.15) is 5.26 Å². The van der Waals surface area contributed by atoms with Crippen molar-refractivity contribution in [3.63, 3.8) is 0 Å². The van der Waals surface area contributed by atoms with Crippen LogP contribution in [0.3, 0.4) is 0 Å². The number of aryl methyl sites for hydroxylation is 1. The van der Waals surface area contributed by atoms with Crippen LogP contribution in [0.5, 0.6) is 0 Å². The summed E-state index contributed by atoms with van der Waals surface area (Å²) in [5, 5.41) is 9.47. The lowest BCUT2D eigenvalue weighted by Gasteiger charge is -2.26. The van der Waals surface area contributed by atoms with Crippen molar-refractivity contribution in [1.29, 1.82) is 5.26 Å². The van der Waals surface area contributed by atoms with Crippen LogP contribution in [0.1, 0.15) is 17.0 Å². The Morgan fingerprint density at radius 2 is 1.88 bits per heavy atom. The molecule has 1 aromatic heterocycles. The molecule has 25 heavy (non-hydrogen) atoms. The molecule has 0 saturated carbocycles. The molecule has 2 heterocycles. The van der Waals surface area contributed by atoms with E-state index in [-0.39, 0.29) is 11.5 Å². The second-order valence-corrected chi connectivity index (χ2v) is 6.07. The molecule has 128 valence electrons. The molecule has 0 aliphatic carbocycles. The number of hydrogen-bond donors (Lipinski definition) is 0. The van der Waals surface area contributed by atoms with Crippen LogP contribution in [0.15, 0.2) is 42.0 Å². The van der Waals surface area contributed by atoms with Gasteiger partial charge >= 0.3 is 0 Å². The number of hydrogen-bond acceptors (Lipinski definition) is 3. The summed E-state index contributed by atoms with van der Waals surface area (Å²) >= 11 is 0. The Morgan fingerprint density at radius 1 is 1.20 bits per heavy atom. The normalized spacial score (nSPS) is 15.1. The molecule has 1 aliphatic heterocycles. The summed E-state index contributed by atoms with van der Waals surface area (Å²) in [6.45, 7) is 6.12. The van der Waals surface area contributed by atoms with Crippen molar-refractivity contribution < 1.29 is 9.53 Å². The molecule has 2 aromatic rings. The lowest BCUT2D eigenvalue weighted by molar-refractivity contribution is -0.130. The molecular formula is C20H21N3O2. The van der Waals surface area contributed by atoms with E-state index in [9.17, 15) is 10.1 Å². The molecule has 0 bridgehead atoms. The first-order valence-corrected chi connectivity index (χ1v) is 8.35. The van der Waals surface area contributed by atoms with Crippen LogP contribution in [-0.4, -0.2) is 41.7 Å². The van der Waals surface area contributed by atoms with E-state index in [0.717, 1.165) is 22.6 Å². The van der Waals surface area contributed by atoms with E-state index in [1.807, 2.05) is 50.2 Å². The standard InChI is InChI=1S/C20H21N3O2/c1-15-12-17(16(2)23(15)19-6-4-3-5-7-19)13-18(14-21)20(24)22-8-10-25-11-9-22/h3-7,12-13H,8-11H2,1-2H3/b18-13-. The average Bonchev–Trinajstić information content (AvgIpc) is 2.94. The van der Waals surface area contributed by atoms with Crippen LogP contribution in [0.2, 0.25) is 0 Å². The molecule has 5 nitrogen and oxygen atoms in total. The number of amides is 1. The van der Waals surface area contributed by atoms with Crippen molar-refractivity contribution in [3.8, 4) is 11.8 Å². The third kappa shape index (κ3) is 3.49.